The molecular weight excluding hydrogens is 443 g/mol. The van der Waals surface area contributed by atoms with Crippen LogP contribution < -0.4 is 0 Å². The van der Waals surface area contributed by atoms with E-state index < -0.39 is 5.60 Å². The maximum atomic E-state index is 12.8. The van der Waals surface area contributed by atoms with Crippen molar-refractivity contribution < 1.29 is 9.53 Å². The third kappa shape index (κ3) is 4.27. The van der Waals surface area contributed by atoms with Crippen LogP contribution in [0.2, 0.25) is 0 Å². The summed E-state index contributed by atoms with van der Waals surface area (Å²) in [5.74, 6) is 0.337. The van der Waals surface area contributed by atoms with Gasteiger partial charge in [-0.15, -0.1) is 11.3 Å². The van der Waals surface area contributed by atoms with Crippen LogP contribution in [0.5, 0.6) is 0 Å². The SMILES string of the molecule is CCCC(C)c1ccc(C(=O)OC2(c3ccc(I)s3)CCCC2)cc1. The summed E-state index contributed by atoms with van der Waals surface area (Å²) in [6.07, 6.45) is 6.45. The number of carbonyl (C=O) groups is 1. The lowest BCUT2D eigenvalue weighted by molar-refractivity contribution is -0.0165. The van der Waals surface area contributed by atoms with E-state index in [0.29, 0.717) is 11.5 Å². The molecule has 0 spiro atoms. The lowest BCUT2D eigenvalue weighted by Crippen LogP contribution is -2.28. The van der Waals surface area contributed by atoms with Gasteiger partial charge in [0.2, 0.25) is 0 Å². The highest BCUT2D eigenvalue weighted by molar-refractivity contribution is 14.1. The molecule has 1 saturated carbocycles. The Balaban J connectivity index is 1.76. The summed E-state index contributed by atoms with van der Waals surface area (Å²) in [6, 6.07) is 12.2. The second-order valence-corrected chi connectivity index (χ2v) is 9.98. The van der Waals surface area contributed by atoms with Crippen molar-refractivity contribution in [2.24, 2.45) is 0 Å². The van der Waals surface area contributed by atoms with Gasteiger partial charge in [-0.1, -0.05) is 32.4 Å². The summed E-state index contributed by atoms with van der Waals surface area (Å²) in [7, 11) is 0. The summed E-state index contributed by atoms with van der Waals surface area (Å²) < 4.78 is 7.34. The average Bonchev–Trinajstić information content (AvgIpc) is 3.25. The van der Waals surface area contributed by atoms with Crippen LogP contribution in [-0.4, -0.2) is 5.97 Å². The third-order valence-electron chi connectivity index (χ3n) is 5.16. The molecule has 134 valence electrons. The van der Waals surface area contributed by atoms with E-state index in [4.69, 9.17) is 4.74 Å². The number of thiophene rings is 1. The Morgan fingerprint density at radius 1 is 1.20 bits per heavy atom. The van der Waals surface area contributed by atoms with Crippen molar-refractivity contribution in [3.8, 4) is 0 Å². The topological polar surface area (TPSA) is 26.3 Å². The summed E-state index contributed by atoms with van der Waals surface area (Å²) in [6.45, 7) is 4.44. The van der Waals surface area contributed by atoms with E-state index in [-0.39, 0.29) is 5.97 Å². The maximum absolute atomic E-state index is 12.8. The van der Waals surface area contributed by atoms with Crippen molar-refractivity contribution in [2.75, 3.05) is 0 Å². The Kier molecular flexibility index (Phi) is 6.21. The van der Waals surface area contributed by atoms with Crippen LogP contribution in [0.4, 0.5) is 0 Å². The molecule has 1 aromatic carbocycles. The number of halogens is 1. The van der Waals surface area contributed by atoms with Gasteiger partial charge < -0.3 is 4.74 Å². The van der Waals surface area contributed by atoms with Crippen LogP contribution in [0.25, 0.3) is 0 Å². The molecule has 1 unspecified atom stereocenters. The highest BCUT2D eigenvalue weighted by atomic mass is 127. The molecule has 2 nitrogen and oxygen atoms in total. The van der Waals surface area contributed by atoms with E-state index in [1.807, 2.05) is 12.1 Å². The van der Waals surface area contributed by atoms with Crippen molar-refractivity contribution in [1.82, 2.24) is 0 Å². The number of benzene rings is 1. The Hall–Kier alpha value is -0.880. The van der Waals surface area contributed by atoms with E-state index in [1.165, 1.54) is 26.2 Å². The van der Waals surface area contributed by atoms with Crippen molar-refractivity contribution >= 4 is 39.9 Å². The molecule has 1 aliphatic carbocycles. The zero-order valence-corrected chi connectivity index (χ0v) is 17.9. The molecule has 1 fully saturated rings. The molecule has 2 aromatic rings. The molecule has 0 bridgehead atoms. The number of esters is 1. The third-order valence-corrected chi connectivity index (χ3v) is 7.24. The molecule has 3 rings (SSSR count). The van der Waals surface area contributed by atoms with Gasteiger partial charge in [0.15, 0.2) is 0 Å². The lowest BCUT2D eigenvalue weighted by Gasteiger charge is -2.28. The Bertz CT molecular complexity index is 714. The van der Waals surface area contributed by atoms with E-state index in [1.54, 1.807) is 11.3 Å². The monoisotopic (exact) mass is 468 g/mol. The van der Waals surface area contributed by atoms with E-state index in [2.05, 4.69) is 60.7 Å². The molecule has 0 radical (unpaired) electrons. The molecule has 0 amide bonds. The summed E-state index contributed by atoms with van der Waals surface area (Å²) in [5.41, 5.74) is 1.53. The summed E-state index contributed by atoms with van der Waals surface area (Å²) >= 11 is 4.08. The van der Waals surface area contributed by atoms with Gasteiger partial charge in [-0.25, -0.2) is 4.79 Å². The number of hydrogen-bond donors (Lipinski definition) is 0. The Labute approximate surface area is 168 Å². The standard InChI is InChI=1S/C21H25IO2S/c1-3-6-15(2)16-7-9-17(10-8-16)20(23)24-21(13-4-5-14-21)18-11-12-19(22)25-18/h7-12,15H,3-6,13-14H2,1-2H3. The number of rotatable bonds is 6. The smallest absolute Gasteiger partial charge is 0.339 e. The van der Waals surface area contributed by atoms with Gasteiger partial charge >= 0.3 is 5.97 Å². The van der Waals surface area contributed by atoms with E-state index in [9.17, 15) is 4.79 Å². The van der Waals surface area contributed by atoms with Crippen molar-refractivity contribution in [1.29, 1.82) is 0 Å². The average molecular weight is 468 g/mol. The summed E-state index contributed by atoms with van der Waals surface area (Å²) in [5, 5.41) is 0. The van der Waals surface area contributed by atoms with Gasteiger partial charge in [-0.3, -0.25) is 0 Å². The first-order valence-corrected chi connectivity index (χ1v) is 11.0. The second-order valence-electron chi connectivity index (χ2n) is 7.01. The normalized spacial score (nSPS) is 17.4. The first-order chi connectivity index (χ1) is 12.0. The van der Waals surface area contributed by atoms with Crippen LogP contribution >= 0.6 is 33.9 Å². The zero-order valence-electron chi connectivity index (χ0n) is 14.9. The van der Waals surface area contributed by atoms with Crippen molar-refractivity contribution in [3.63, 3.8) is 0 Å². The Morgan fingerprint density at radius 3 is 2.44 bits per heavy atom. The van der Waals surface area contributed by atoms with Crippen molar-refractivity contribution in [2.45, 2.75) is 63.9 Å². The lowest BCUT2D eigenvalue weighted by atomic mass is 9.95. The molecule has 0 saturated heterocycles. The predicted molar refractivity (Wildman–Crippen MR) is 112 cm³/mol. The molecule has 4 heteroatoms. The molecule has 1 aromatic heterocycles. The fraction of sp³-hybridized carbons (Fsp3) is 0.476. The quantitative estimate of drug-likeness (QED) is 0.341. The first kappa shape index (κ1) is 18.9. The Morgan fingerprint density at radius 2 is 1.88 bits per heavy atom. The van der Waals surface area contributed by atoms with E-state index >= 15 is 0 Å². The van der Waals surface area contributed by atoms with Gasteiger partial charge in [0.05, 0.1) is 8.45 Å². The maximum Gasteiger partial charge on any atom is 0.339 e. The number of carbonyl (C=O) groups excluding carboxylic acids is 1. The molecule has 25 heavy (non-hydrogen) atoms. The largest absolute Gasteiger partial charge is 0.450 e. The van der Waals surface area contributed by atoms with Crippen molar-refractivity contribution in [3.05, 3.63) is 55.3 Å². The van der Waals surface area contributed by atoms with E-state index in [0.717, 1.165) is 25.7 Å². The zero-order chi connectivity index (χ0) is 17.9. The molecule has 1 heterocycles. The van der Waals surface area contributed by atoms with Gasteiger partial charge in [0, 0.05) is 4.88 Å². The van der Waals surface area contributed by atoms with Crippen LogP contribution in [0, 0.1) is 2.88 Å². The van der Waals surface area contributed by atoms with Crippen LogP contribution in [-0.2, 0) is 10.3 Å². The van der Waals surface area contributed by atoms with Gasteiger partial charge in [0.1, 0.15) is 5.60 Å². The molecule has 0 N–H and O–H groups in total. The predicted octanol–water partition coefficient (Wildman–Crippen LogP) is 6.88. The fourth-order valence-corrected chi connectivity index (χ4v) is 5.49. The molecule has 0 aliphatic heterocycles. The molecule has 1 atom stereocenters. The minimum Gasteiger partial charge on any atom is -0.450 e. The summed E-state index contributed by atoms with van der Waals surface area (Å²) in [4.78, 5) is 14.0. The fourth-order valence-electron chi connectivity index (χ4n) is 3.69. The highest BCUT2D eigenvalue weighted by Gasteiger charge is 2.41. The van der Waals surface area contributed by atoms with Gasteiger partial charge in [-0.2, -0.15) is 0 Å². The number of ether oxygens (including phenoxy) is 1. The number of hydrogen-bond acceptors (Lipinski definition) is 3. The van der Waals surface area contributed by atoms with Crippen LogP contribution in [0.3, 0.4) is 0 Å². The minimum absolute atomic E-state index is 0.194. The minimum atomic E-state index is -0.417. The van der Waals surface area contributed by atoms with Crippen LogP contribution in [0.1, 0.15) is 79.1 Å². The second kappa shape index (κ2) is 8.21. The molecular formula is C21H25IO2S. The van der Waals surface area contributed by atoms with Crippen LogP contribution in [0.15, 0.2) is 36.4 Å². The van der Waals surface area contributed by atoms with Gasteiger partial charge in [0.25, 0.3) is 0 Å². The molecule has 1 aliphatic rings. The van der Waals surface area contributed by atoms with Gasteiger partial charge in [-0.05, 0) is 90.4 Å². The highest BCUT2D eigenvalue weighted by Crippen LogP contribution is 2.45. The first-order valence-electron chi connectivity index (χ1n) is 9.13.